The van der Waals surface area contributed by atoms with Crippen LogP contribution in [0.4, 0.5) is 0 Å². The molecule has 0 aromatic heterocycles. The quantitative estimate of drug-likeness (QED) is 0.455. The molecule has 62 valence electrons. The molecule has 0 unspecified atom stereocenters. The van der Waals surface area contributed by atoms with E-state index in [1.807, 2.05) is 0 Å². The molecule has 0 aliphatic rings. The SMILES string of the molecule is C#C[Si](C)(C)/C=C/[Si](C)(C)C. The molecule has 0 aliphatic heterocycles. The summed E-state index contributed by atoms with van der Waals surface area (Å²) in [7, 11) is -2.43. The van der Waals surface area contributed by atoms with Crippen LogP contribution in [-0.2, 0) is 0 Å². The second-order valence-electron chi connectivity index (χ2n) is 4.57. The van der Waals surface area contributed by atoms with E-state index >= 15 is 0 Å². The molecule has 2 heteroatoms. The van der Waals surface area contributed by atoms with Crippen molar-refractivity contribution in [3.63, 3.8) is 0 Å². The van der Waals surface area contributed by atoms with E-state index in [0.29, 0.717) is 0 Å². The average molecular weight is 182 g/mol. The lowest BCUT2D eigenvalue weighted by Crippen LogP contribution is -2.24. The van der Waals surface area contributed by atoms with Crippen molar-refractivity contribution < 1.29 is 0 Å². The zero-order valence-corrected chi connectivity index (χ0v) is 10.2. The summed E-state index contributed by atoms with van der Waals surface area (Å²) in [5, 5.41) is 0. The summed E-state index contributed by atoms with van der Waals surface area (Å²) in [4.78, 5) is 0. The molecule has 0 aromatic carbocycles. The summed E-state index contributed by atoms with van der Waals surface area (Å²) in [5.41, 5.74) is 7.54. The van der Waals surface area contributed by atoms with E-state index < -0.39 is 16.1 Å². The zero-order chi connectivity index (χ0) is 9.12. The molecular weight excluding hydrogens is 164 g/mol. The highest BCUT2D eigenvalue weighted by molar-refractivity contribution is 6.91. The van der Waals surface area contributed by atoms with Crippen molar-refractivity contribution in [3.8, 4) is 12.0 Å². The van der Waals surface area contributed by atoms with Gasteiger partial charge in [-0.1, -0.05) is 38.4 Å². The van der Waals surface area contributed by atoms with Gasteiger partial charge in [-0.2, -0.15) is 0 Å². The molecule has 0 saturated carbocycles. The summed E-state index contributed by atoms with van der Waals surface area (Å²) >= 11 is 0. The van der Waals surface area contributed by atoms with Crippen molar-refractivity contribution in [3.05, 3.63) is 11.4 Å². The molecule has 0 radical (unpaired) electrons. The maximum Gasteiger partial charge on any atom is 0.154 e. The molecule has 0 spiro atoms. The number of rotatable bonds is 2. The molecule has 0 N–H and O–H groups in total. The van der Waals surface area contributed by atoms with Crippen LogP contribution in [0.2, 0.25) is 32.7 Å². The van der Waals surface area contributed by atoms with Crippen molar-refractivity contribution in [2.75, 3.05) is 0 Å². The van der Waals surface area contributed by atoms with Gasteiger partial charge in [0, 0.05) is 0 Å². The average Bonchev–Trinajstić information content (AvgIpc) is 1.83. The smallest absolute Gasteiger partial charge is 0.130 e. The van der Waals surface area contributed by atoms with E-state index in [9.17, 15) is 0 Å². The molecule has 0 aliphatic carbocycles. The Morgan fingerprint density at radius 1 is 1.00 bits per heavy atom. The highest BCUT2D eigenvalue weighted by Gasteiger charge is 2.15. The largest absolute Gasteiger partial charge is 0.154 e. The maximum absolute atomic E-state index is 5.41. The third-order valence-corrected chi connectivity index (χ3v) is 4.62. The normalized spacial score (nSPS) is 13.5. The molecule has 11 heavy (non-hydrogen) atoms. The fourth-order valence-electron chi connectivity index (χ4n) is 0.506. The fraction of sp³-hybridized carbons (Fsp3) is 0.556. The van der Waals surface area contributed by atoms with E-state index in [1.165, 1.54) is 0 Å². The Labute approximate surface area is 72.7 Å². The van der Waals surface area contributed by atoms with E-state index in [1.54, 1.807) is 0 Å². The van der Waals surface area contributed by atoms with Gasteiger partial charge < -0.3 is 0 Å². The fourth-order valence-corrected chi connectivity index (χ4v) is 4.27. The van der Waals surface area contributed by atoms with E-state index in [-0.39, 0.29) is 0 Å². The van der Waals surface area contributed by atoms with Crippen LogP contribution < -0.4 is 0 Å². The van der Waals surface area contributed by atoms with E-state index in [2.05, 4.69) is 49.7 Å². The zero-order valence-electron chi connectivity index (χ0n) is 8.23. The van der Waals surface area contributed by atoms with E-state index in [4.69, 9.17) is 6.42 Å². The van der Waals surface area contributed by atoms with Gasteiger partial charge in [0.1, 0.15) is 0 Å². The first-order valence-electron chi connectivity index (χ1n) is 3.95. The molecule has 0 heterocycles. The van der Waals surface area contributed by atoms with Crippen molar-refractivity contribution in [2.45, 2.75) is 32.7 Å². The van der Waals surface area contributed by atoms with Crippen LogP contribution in [0, 0.1) is 12.0 Å². The van der Waals surface area contributed by atoms with Crippen LogP contribution in [0.25, 0.3) is 0 Å². The minimum absolute atomic E-state index is 1.02. The van der Waals surface area contributed by atoms with Gasteiger partial charge in [-0.15, -0.1) is 17.7 Å². The van der Waals surface area contributed by atoms with Crippen LogP contribution in [0.5, 0.6) is 0 Å². The number of terminal acetylenes is 1. The Balaban J connectivity index is 4.28. The molecule has 0 aromatic rings. The topological polar surface area (TPSA) is 0 Å². The lowest BCUT2D eigenvalue weighted by Gasteiger charge is -2.13. The van der Waals surface area contributed by atoms with Crippen molar-refractivity contribution in [2.24, 2.45) is 0 Å². The van der Waals surface area contributed by atoms with E-state index in [0.717, 1.165) is 0 Å². The third-order valence-electron chi connectivity index (χ3n) is 1.37. The molecule has 0 amide bonds. The van der Waals surface area contributed by atoms with Gasteiger partial charge in [0.15, 0.2) is 8.07 Å². The van der Waals surface area contributed by atoms with Crippen molar-refractivity contribution >= 4 is 16.1 Å². The van der Waals surface area contributed by atoms with Gasteiger partial charge in [-0.25, -0.2) is 0 Å². The monoisotopic (exact) mass is 182 g/mol. The predicted octanol–water partition coefficient (Wildman–Crippen LogP) is 2.84. The number of hydrogen-bond acceptors (Lipinski definition) is 0. The van der Waals surface area contributed by atoms with Crippen LogP contribution >= 0.6 is 0 Å². The van der Waals surface area contributed by atoms with Gasteiger partial charge >= 0.3 is 0 Å². The standard InChI is InChI=1S/C9H18Si2/c1-7-11(5,6)9-8-10(2,3)4/h1,8-9H,2-6H3/b9-8+. The Bertz CT molecular complexity index is 189. The summed E-state index contributed by atoms with van der Waals surface area (Å²) in [5.74, 6) is 0. The van der Waals surface area contributed by atoms with Gasteiger partial charge in [-0.05, 0) is 0 Å². The highest BCUT2D eigenvalue weighted by atomic mass is 28.3. The minimum Gasteiger partial charge on any atom is -0.130 e. The molecule has 0 rings (SSSR count). The molecular formula is C9H18Si2. The van der Waals surface area contributed by atoms with Crippen LogP contribution in [0.15, 0.2) is 11.4 Å². The van der Waals surface area contributed by atoms with Gasteiger partial charge in [0.05, 0.1) is 8.07 Å². The lowest BCUT2D eigenvalue weighted by molar-refractivity contribution is 1.76. The molecule has 0 fully saturated rings. The van der Waals surface area contributed by atoms with Crippen molar-refractivity contribution in [1.82, 2.24) is 0 Å². The van der Waals surface area contributed by atoms with Crippen LogP contribution in [0.3, 0.4) is 0 Å². The third kappa shape index (κ3) is 6.14. The first kappa shape index (κ1) is 10.7. The first-order chi connectivity index (χ1) is 4.77. The Hall–Kier alpha value is -0.266. The Morgan fingerprint density at radius 3 is 1.73 bits per heavy atom. The molecule has 0 saturated heterocycles. The minimum atomic E-state index is -1.41. The summed E-state index contributed by atoms with van der Waals surface area (Å²) < 4.78 is 0. The lowest BCUT2D eigenvalue weighted by atomic mass is 11.2. The van der Waals surface area contributed by atoms with Crippen LogP contribution in [0.1, 0.15) is 0 Å². The number of hydrogen-bond donors (Lipinski definition) is 0. The van der Waals surface area contributed by atoms with Crippen molar-refractivity contribution in [1.29, 1.82) is 0 Å². The Kier molecular flexibility index (Phi) is 3.34. The maximum atomic E-state index is 5.41. The van der Waals surface area contributed by atoms with Gasteiger partial charge in [-0.3, -0.25) is 0 Å². The summed E-state index contributed by atoms with van der Waals surface area (Å²) in [6.45, 7) is 11.4. The predicted molar refractivity (Wildman–Crippen MR) is 58.8 cm³/mol. The molecule has 0 atom stereocenters. The molecule has 0 bridgehead atoms. The summed E-state index contributed by atoms with van der Waals surface area (Å²) in [6, 6.07) is 0. The highest BCUT2D eigenvalue weighted by Crippen LogP contribution is 2.07. The molecule has 0 nitrogen and oxygen atoms in total. The second kappa shape index (κ2) is 3.42. The summed E-state index contributed by atoms with van der Waals surface area (Å²) in [6.07, 6.45) is 5.41. The first-order valence-corrected chi connectivity index (χ1v) is 10.6. The van der Waals surface area contributed by atoms with Crippen LogP contribution in [-0.4, -0.2) is 16.1 Å². The Morgan fingerprint density at radius 2 is 1.45 bits per heavy atom. The van der Waals surface area contributed by atoms with Gasteiger partial charge in [0.2, 0.25) is 0 Å². The van der Waals surface area contributed by atoms with Gasteiger partial charge in [0.25, 0.3) is 0 Å². The second-order valence-corrected chi connectivity index (χ2v) is 13.7.